The molecule has 26 heavy (non-hydrogen) atoms. The molecule has 0 bridgehead atoms. The summed E-state index contributed by atoms with van der Waals surface area (Å²) in [5, 5.41) is 0. The van der Waals surface area contributed by atoms with Gasteiger partial charge in [0.05, 0.1) is 0 Å². The predicted octanol–water partition coefficient (Wildman–Crippen LogP) is 6.13. The maximum absolute atomic E-state index is 13.9. The lowest BCUT2D eigenvalue weighted by Gasteiger charge is -2.52. The molecule has 0 spiro atoms. The molecule has 3 aliphatic carbocycles. The lowest BCUT2D eigenvalue weighted by molar-refractivity contribution is -0.134. The quantitative estimate of drug-likeness (QED) is 0.497. The Hall–Kier alpha value is -0.510. The number of carbonyl (C=O) groups excluding carboxylic acids is 1. The first-order chi connectivity index (χ1) is 12.7. The summed E-state index contributed by atoms with van der Waals surface area (Å²) < 4.78 is 13.9. The minimum absolute atomic E-state index is 0.251. The number of hydrogen-bond acceptors (Lipinski definition) is 2. The third-order valence-electron chi connectivity index (χ3n) is 6.78. The number of amides is 1. The molecule has 0 aromatic carbocycles. The van der Waals surface area contributed by atoms with Crippen molar-refractivity contribution >= 4 is 18.5 Å². The van der Waals surface area contributed by atoms with Gasteiger partial charge in [-0.1, -0.05) is 40.5 Å². The minimum atomic E-state index is -0.511. The normalized spacial score (nSPS) is 37.2. The molecule has 0 saturated heterocycles. The molecule has 0 aromatic heterocycles. The third kappa shape index (κ3) is 4.48. The van der Waals surface area contributed by atoms with Gasteiger partial charge in [-0.3, -0.25) is 4.79 Å². The molecule has 152 valence electrons. The lowest BCUT2D eigenvalue weighted by atomic mass is 9.57. The van der Waals surface area contributed by atoms with Gasteiger partial charge in [-0.15, -0.1) is 0 Å². The Labute approximate surface area is 166 Å². The Kier molecular flexibility index (Phi) is 10.3. The highest BCUT2D eigenvalue weighted by atomic mass is 32.1. The summed E-state index contributed by atoms with van der Waals surface area (Å²) in [5.41, 5.74) is 0. The smallest absolute Gasteiger partial charge is 0.282 e. The van der Waals surface area contributed by atoms with E-state index in [2.05, 4.69) is 12.6 Å². The van der Waals surface area contributed by atoms with Gasteiger partial charge in [0.2, 0.25) is 0 Å². The first-order valence-electron chi connectivity index (χ1n) is 10.8. The van der Waals surface area contributed by atoms with Crippen LogP contribution >= 0.6 is 12.6 Å². The van der Waals surface area contributed by atoms with E-state index in [4.69, 9.17) is 0 Å². The monoisotopic (exact) mass is 385 g/mol. The zero-order valence-corrected chi connectivity index (χ0v) is 18.6. The van der Waals surface area contributed by atoms with E-state index in [1.54, 1.807) is 24.3 Å². The van der Waals surface area contributed by atoms with Crippen LogP contribution in [0.5, 0.6) is 0 Å². The van der Waals surface area contributed by atoms with Crippen molar-refractivity contribution in [1.29, 1.82) is 0 Å². The standard InChI is InChI=1S/C17H24FNO.2C2H6.CH4S/c1-19-16-8-7-12-11-4-2-3-10(11)5-6-13(12)14(16)9-15(18)17(19)20;3*1-2/h9-14,16H,2-8H2,1H3;2*1-2H3;2H,1H3. The van der Waals surface area contributed by atoms with Crippen LogP contribution in [0.3, 0.4) is 0 Å². The average Bonchev–Trinajstić information content (AvgIpc) is 3.20. The van der Waals surface area contributed by atoms with Crippen LogP contribution in [0, 0.1) is 29.6 Å². The zero-order chi connectivity index (χ0) is 19.9. The van der Waals surface area contributed by atoms with Crippen LogP contribution in [0.4, 0.5) is 4.39 Å². The van der Waals surface area contributed by atoms with Crippen molar-refractivity contribution in [3.63, 3.8) is 0 Å². The predicted molar refractivity (Wildman–Crippen MR) is 113 cm³/mol. The molecule has 1 amide bonds. The van der Waals surface area contributed by atoms with Crippen molar-refractivity contribution in [3.8, 4) is 0 Å². The number of carbonyl (C=O) groups is 1. The topological polar surface area (TPSA) is 20.3 Å². The zero-order valence-electron chi connectivity index (χ0n) is 17.7. The van der Waals surface area contributed by atoms with Crippen molar-refractivity contribution in [2.24, 2.45) is 29.6 Å². The molecule has 2 nitrogen and oxygen atoms in total. The molecule has 0 radical (unpaired) electrons. The Bertz CT molecular complexity index is 467. The molecule has 3 fully saturated rings. The fourth-order valence-electron chi connectivity index (χ4n) is 5.92. The number of nitrogens with zero attached hydrogens (tertiary/aromatic N) is 1. The van der Waals surface area contributed by atoms with E-state index in [1.807, 2.05) is 27.7 Å². The Morgan fingerprint density at radius 1 is 0.923 bits per heavy atom. The molecule has 1 heterocycles. The Balaban J connectivity index is 0.000000515. The molecule has 3 saturated carbocycles. The summed E-state index contributed by atoms with van der Waals surface area (Å²) in [4.78, 5) is 13.5. The fourth-order valence-corrected chi connectivity index (χ4v) is 5.92. The van der Waals surface area contributed by atoms with E-state index in [0.29, 0.717) is 5.92 Å². The summed E-state index contributed by atoms with van der Waals surface area (Å²) in [6.45, 7) is 8.00. The van der Waals surface area contributed by atoms with Crippen LogP contribution in [0.2, 0.25) is 0 Å². The summed E-state index contributed by atoms with van der Waals surface area (Å²) in [7, 11) is 1.79. The molecule has 4 heteroatoms. The molecule has 4 rings (SSSR count). The second-order valence-corrected chi connectivity index (χ2v) is 7.41. The van der Waals surface area contributed by atoms with Gasteiger partial charge in [-0.2, -0.15) is 12.6 Å². The molecule has 0 aromatic rings. The third-order valence-corrected chi connectivity index (χ3v) is 6.78. The number of hydrogen-bond donors (Lipinski definition) is 1. The molecular weight excluding hydrogens is 345 g/mol. The van der Waals surface area contributed by atoms with Crippen molar-refractivity contribution < 1.29 is 9.18 Å². The van der Waals surface area contributed by atoms with Gasteiger partial charge in [-0.05, 0) is 68.1 Å². The van der Waals surface area contributed by atoms with Crippen LogP contribution in [0.25, 0.3) is 0 Å². The summed E-state index contributed by atoms with van der Waals surface area (Å²) in [6, 6.07) is 0.251. The number of likely N-dealkylation sites (N-methyl/N-ethyl adjacent to an activating group) is 1. The van der Waals surface area contributed by atoms with Crippen molar-refractivity contribution in [2.45, 2.75) is 78.7 Å². The SMILES string of the molecule is CC.CC.CN1C(=O)C(F)=CC2C3CCC4CCCC4C3CCC21.CS. The van der Waals surface area contributed by atoms with Crippen LogP contribution in [0.1, 0.15) is 72.6 Å². The largest absolute Gasteiger partial charge is 0.336 e. The van der Waals surface area contributed by atoms with Crippen LogP contribution < -0.4 is 0 Å². The number of fused-ring (bicyclic) bond motifs is 5. The van der Waals surface area contributed by atoms with Gasteiger partial charge in [0.15, 0.2) is 5.83 Å². The van der Waals surface area contributed by atoms with Gasteiger partial charge < -0.3 is 4.90 Å². The second-order valence-electron chi connectivity index (χ2n) is 7.41. The molecule has 6 unspecified atom stereocenters. The second kappa shape index (κ2) is 11.4. The van der Waals surface area contributed by atoms with Crippen LogP contribution in [-0.2, 0) is 4.79 Å². The summed E-state index contributed by atoms with van der Waals surface area (Å²) in [6.07, 6.45) is 12.5. The van der Waals surface area contributed by atoms with E-state index in [1.165, 1.54) is 38.5 Å². The van der Waals surface area contributed by atoms with Crippen LogP contribution in [-0.4, -0.2) is 30.2 Å². The van der Waals surface area contributed by atoms with Crippen molar-refractivity contribution in [1.82, 2.24) is 4.90 Å². The molecule has 0 N–H and O–H groups in total. The van der Waals surface area contributed by atoms with E-state index >= 15 is 0 Å². The molecule has 1 aliphatic heterocycles. The molecular formula is C22H40FNOS. The van der Waals surface area contributed by atoms with Crippen molar-refractivity contribution in [2.75, 3.05) is 13.3 Å². The van der Waals surface area contributed by atoms with Gasteiger partial charge in [-0.25, -0.2) is 4.39 Å². The van der Waals surface area contributed by atoms with Gasteiger partial charge in [0, 0.05) is 19.0 Å². The van der Waals surface area contributed by atoms with Crippen LogP contribution in [0.15, 0.2) is 11.9 Å². The summed E-state index contributed by atoms with van der Waals surface area (Å²) in [5.74, 6) is 2.62. The lowest BCUT2D eigenvalue weighted by Crippen LogP contribution is -2.53. The Morgan fingerprint density at radius 3 is 2.19 bits per heavy atom. The first kappa shape index (κ1) is 23.5. The number of halogens is 1. The number of thiol groups is 1. The fraction of sp³-hybridized carbons (Fsp3) is 0.864. The van der Waals surface area contributed by atoms with Crippen molar-refractivity contribution in [3.05, 3.63) is 11.9 Å². The highest BCUT2D eigenvalue weighted by Crippen LogP contribution is 2.55. The average molecular weight is 386 g/mol. The summed E-state index contributed by atoms with van der Waals surface area (Å²) >= 11 is 3.53. The van der Waals surface area contributed by atoms with E-state index in [0.717, 1.165) is 24.2 Å². The maximum Gasteiger partial charge on any atom is 0.282 e. The molecule has 6 atom stereocenters. The van der Waals surface area contributed by atoms with Gasteiger partial charge in [0.25, 0.3) is 5.91 Å². The Morgan fingerprint density at radius 2 is 1.54 bits per heavy atom. The van der Waals surface area contributed by atoms with E-state index < -0.39 is 11.7 Å². The van der Waals surface area contributed by atoms with Gasteiger partial charge >= 0.3 is 0 Å². The number of rotatable bonds is 0. The highest BCUT2D eigenvalue weighted by Gasteiger charge is 2.50. The maximum atomic E-state index is 13.9. The molecule has 4 aliphatic rings. The van der Waals surface area contributed by atoms with E-state index in [-0.39, 0.29) is 12.0 Å². The van der Waals surface area contributed by atoms with E-state index in [9.17, 15) is 9.18 Å². The van der Waals surface area contributed by atoms with Gasteiger partial charge in [0.1, 0.15) is 0 Å². The first-order valence-corrected chi connectivity index (χ1v) is 11.7. The highest BCUT2D eigenvalue weighted by molar-refractivity contribution is 7.79. The minimum Gasteiger partial charge on any atom is -0.336 e.